The molecule has 0 atom stereocenters. The van der Waals surface area contributed by atoms with E-state index in [9.17, 15) is 0 Å². The zero-order chi connectivity index (χ0) is 11.6. The minimum atomic E-state index is 0.792. The van der Waals surface area contributed by atoms with Crippen molar-refractivity contribution in [3.05, 3.63) is 28.5 Å². The van der Waals surface area contributed by atoms with E-state index in [0.717, 1.165) is 21.7 Å². The van der Waals surface area contributed by atoms with Crippen LogP contribution in [0.15, 0.2) is 12.3 Å². The predicted octanol–water partition coefficient (Wildman–Crippen LogP) is 3.87. The van der Waals surface area contributed by atoms with Crippen LogP contribution in [0.25, 0.3) is 11.0 Å². The van der Waals surface area contributed by atoms with E-state index in [4.69, 9.17) is 11.6 Å². The number of fused-ring (bicyclic) bond motifs is 1. The summed E-state index contributed by atoms with van der Waals surface area (Å²) in [6.07, 6.45) is 2.04. The van der Waals surface area contributed by atoms with Crippen LogP contribution in [0.1, 0.15) is 25.1 Å². The third-order valence-electron chi connectivity index (χ3n) is 2.20. The van der Waals surface area contributed by atoms with Gasteiger partial charge in [0.25, 0.3) is 0 Å². The molecule has 0 saturated carbocycles. The van der Waals surface area contributed by atoms with Gasteiger partial charge < -0.3 is 4.57 Å². The molecule has 0 aliphatic rings. The fourth-order valence-electron chi connectivity index (χ4n) is 1.65. The molecule has 0 saturated heterocycles. The Morgan fingerprint density at radius 1 is 1.27 bits per heavy atom. The average molecular weight is 225 g/mol. The quantitative estimate of drug-likeness (QED) is 0.664. The molecule has 0 bridgehead atoms. The first-order valence-electron chi connectivity index (χ1n) is 5.18. The van der Waals surface area contributed by atoms with Crippen molar-refractivity contribution in [1.29, 1.82) is 0 Å². The average Bonchev–Trinajstić information content (AvgIpc) is 2.45. The van der Waals surface area contributed by atoms with Crippen molar-refractivity contribution in [2.45, 2.75) is 27.7 Å². The lowest BCUT2D eigenvalue weighted by molar-refractivity contribution is 0.939. The van der Waals surface area contributed by atoms with E-state index in [0.29, 0.717) is 0 Å². The van der Waals surface area contributed by atoms with Gasteiger partial charge in [0.05, 0.1) is 5.02 Å². The zero-order valence-electron chi connectivity index (χ0n) is 9.93. The number of pyridine rings is 1. The number of rotatable bonds is 0. The SMILES string of the molecule is CC.Cc1cc(Cl)c2c(C)cn(C)c2n1. The van der Waals surface area contributed by atoms with Crippen molar-refractivity contribution >= 4 is 22.6 Å². The third-order valence-corrected chi connectivity index (χ3v) is 2.49. The van der Waals surface area contributed by atoms with Crippen molar-refractivity contribution in [2.24, 2.45) is 7.05 Å². The summed E-state index contributed by atoms with van der Waals surface area (Å²) in [5.41, 5.74) is 3.09. The first-order chi connectivity index (χ1) is 7.09. The van der Waals surface area contributed by atoms with Gasteiger partial charge in [-0.15, -0.1) is 0 Å². The normalized spacial score (nSPS) is 10.0. The molecule has 2 aromatic heterocycles. The summed E-state index contributed by atoms with van der Waals surface area (Å²) in [7, 11) is 1.98. The minimum absolute atomic E-state index is 0.792. The predicted molar refractivity (Wildman–Crippen MR) is 66.5 cm³/mol. The van der Waals surface area contributed by atoms with Gasteiger partial charge in [0.1, 0.15) is 5.65 Å². The van der Waals surface area contributed by atoms with Crippen molar-refractivity contribution in [3.8, 4) is 0 Å². The van der Waals surface area contributed by atoms with Crippen molar-refractivity contribution in [2.75, 3.05) is 0 Å². The van der Waals surface area contributed by atoms with Crippen LogP contribution in [-0.2, 0) is 7.05 Å². The second-order valence-electron chi connectivity index (χ2n) is 3.37. The van der Waals surface area contributed by atoms with Crippen LogP contribution in [-0.4, -0.2) is 9.55 Å². The maximum Gasteiger partial charge on any atom is 0.141 e. The third kappa shape index (κ3) is 2.15. The monoisotopic (exact) mass is 224 g/mol. The van der Waals surface area contributed by atoms with Crippen molar-refractivity contribution < 1.29 is 0 Å². The maximum absolute atomic E-state index is 6.13. The minimum Gasteiger partial charge on any atom is -0.335 e. The highest BCUT2D eigenvalue weighted by Crippen LogP contribution is 2.26. The first kappa shape index (κ1) is 12.1. The molecular weight excluding hydrogens is 208 g/mol. The number of halogens is 1. The zero-order valence-corrected chi connectivity index (χ0v) is 10.7. The molecule has 2 aromatic rings. The Morgan fingerprint density at radius 3 is 2.47 bits per heavy atom. The van der Waals surface area contributed by atoms with Crippen molar-refractivity contribution in [1.82, 2.24) is 9.55 Å². The topological polar surface area (TPSA) is 17.8 Å². The number of nitrogens with zero attached hydrogens (tertiary/aromatic N) is 2. The summed E-state index contributed by atoms with van der Waals surface area (Å²) in [5, 5.41) is 1.86. The van der Waals surface area contributed by atoms with Gasteiger partial charge in [-0.05, 0) is 25.5 Å². The summed E-state index contributed by atoms with van der Waals surface area (Å²) in [4.78, 5) is 4.44. The van der Waals surface area contributed by atoms with E-state index < -0.39 is 0 Å². The fourth-order valence-corrected chi connectivity index (χ4v) is 2.05. The Labute approximate surface area is 95.9 Å². The molecule has 15 heavy (non-hydrogen) atoms. The van der Waals surface area contributed by atoms with Gasteiger partial charge in [-0.25, -0.2) is 4.98 Å². The van der Waals surface area contributed by atoms with Gasteiger partial charge in [0.15, 0.2) is 0 Å². The maximum atomic E-state index is 6.13. The lowest BCUT2D eigenvalue weighted by Gasteiger charge is -1.99. The Morgan fingerprint density at radius 2 is 1.87 bits per heavy atom. The van der Waals surface area contributed by atoms with Crippen LogP contribution in [0.2, 0.25) is 5.02 Å². The van der Waals surface area contributed by atoms with Gasteiger partial charge >= 0.3 is 0 Å². The summed E-state index contributed by atoms with van der Waals surface area (Å²) >= 11 is 6.13. The number of aryl methyl sites for hydroxylation is 3. The van der Waals surface area contributed by atoms with Gasteiger partial charge in [-0.1, -0.05) is 25.4 Å². The smallest absolute Gasteiger partial charge is 0.141 e. The van der Waals surface area contributed by atoms with Crippen LogP contribution >= 0.6 is 11.6 Å². The molecule has 82 valence electrons. The van der Waals surface area contributed by atoms with E-state index in [2.05, 4.69) is 4.98 Å². The van der Waals surface area contributed by atoms with E-state index >= 15 is 0 Å². The van der Waals surface area contributed by atoms with Crippen LogP contribution in [0.5, 0.6) is 0 Å². The molecule has 0 spiro atoms. The highest BCUT2D eigenvalue weighted by Gasteiger charge is 2.08. The molecule has 0 aromatic carbocycles. The van der Waals surface area contributed by atoms with E-state index in [1.54, 1.807) is 0 Å². The lowest BCUT2D eigenvalue weighted by Crippen LogP contribution is -1.89. The van der Waals surface area contributed by atoms with E-state index in [-0.39, 0.29) is 0 Å². The molecule has 0 unspecified atom stereocenters. The number of hydrogen-bond donors (Lipinski definition) is 0. The van der Waals surface area contributed by atoms with Gasteiger partial charge in [-0.2, -0.15) is 0 Å². The number of hydrogen-bond acceptors (Lipinski definition) is 1. The Kier molecular flexibility index (Phi) is 3.75. The molecule has 0 amide bonds. The molecular formula is C12H17ClN2. The number of aromatic nitrogens is 2. The molecule has 0 fully saturated rings. The van der Waals surface area contributed by atoms with Gasteiger partial charge in [0.2, 0.25) is 0 Å². The molecule has 2 nitrogen and oxygen atoms in total. The van der Waals surface area contributed by atoms with Crippen molar-refractivity contribution in [3.63, 3.8) is 0 Å². The summed E-state index contributed by atoms with van der Waals surface area (Å²) in [6.45, 7) is 8.00. The Balaban J connectivity index is 0.000000531. The second-order valence-corrected chi connectivity index (χ2v) is 3.77. The molecule has 2 heterocycles. The van der Waals surface area contributed by atoms with Crippen LogP contribution in [0.4, 0.5) is 0 Å². The lowest BCUT2D eigenvalue weighted by atomic mass is 10.2. The summed E-state index contributed by atoms with van der Waals surface area (Å²) < 4.78 is 2.00. The molecule has 3 heteroatoms. The molecule has 0 N–H and O–H groups in total. The summed E-state index contributed by atoms with van der Waals surface area (Å²) in [6, 6.07) is 1.90. The fraction of sp³-hybridized carbons (Fsp3) is 0.417. The van der Waals surface area contributed by atoms with Gasteiger partial charge in [0, 0.05) is 24.3 Å². The largest absolute Gasteiger partial charge is 0.335 e. The second kappa shape index (κ2) is 4.67. The molecule has 0 aliphatic carbocycles. The van der Waals surface area contributed by atoms with Crippen LogP contribution in [0, 0.1) is 13.8 Å². The van der Waals surface area contributed by atoms with Gasteiger partial charge in [-0.3, -0.25) is 0 Å². The van der Waals surface area contributed by atoms with E-state index in [1.807, 2.05) is 51.6 Å². The molecule has 0 aliphatic heterocycles. The molecule has 0 radical (unpaired) electrons. The Bertz CT molecular complexity index is 472. The first-order valence-corrected chi connectivity index (χ1v) is 5.56. The summed E-state index contributed by atoms with van der Waals surface area (Å²) in [5.74, 6) is 0. The Hall–Kier alpha value is -1.02. The highest BCUT2D eigenvalue weighted by molar-refractivity contribution is 6.35. The van der Waals surface area contributed by atoms with Crippen LogP contribution < -0.4 is 0 Å². The standard InChI is InChI=1S/C10H11ClN2.C2H6/c1-6-5-13(3)10-9(6)8(11)4-7(2)12-10;1-2/h4-5H,1-3H3;1-2H3. The highest BCUT2D eigenvalue weighted by atomic mass is 35.5. The van der Waals surface area contributed by atoms with E-state index in [1.165, 1.54) is 5.56 Å². The van der Waals surface area contributed by atoms with Crippen LogP contribution in [0.3, 0.4) is 0 Å². The molecule has 2 rings (SSSR count).